The SMILES string of the molecule is Cc1noc(-c2ccc(-c3ccc(C4(CC(=O)O)CC4)cc3)cc2)c1N(C)CCCc1ccc2c(c1)OCO2. The van der Waals surface area contributed by atoms with Gasteiger partial charge >= 0.3 is 5.97 Å². The molecule has 6 rings (SSSR count). The van der Waals surface area contributed by atoms with Gasteiger partial charge in [-0.05, 0) is 67.0 Å². The van der Waals surface area contributed by atoms with Gasteiger partial charge < -0.3 is 24.0 Å². The molecule has 1 aliphatic heterocycles. The van der Waals surface area contributed by atoms with Crippen LogP contribution in [0.15, 0.2) is 71.3 Å². The van der Waals surface area contributed by atoms with Crippen molar-refractivity contribution in [3.05, 3.63) is 83.6 Å². The van der Waals surface area contributed by atoms with Gasteiger partial charge in [0.2, 0.25) is 6.79 Å². The number of aromatic nitrogens is 1. The van der Waals surface area contributed by atoms with Crippen LogP contribution in [0.2, 0.25) is 0 Å². The highest BCUT2D eigenvalue weighted by molar-refractivity contribution is 5.77. The van der Waals surface area contributed by atoms with Crippen molar-refractivity contribution in [1.29, 1.82) is 0 Å². The van der Waals surface area contributed by atoms with E-state index in [1.54, 1.807) is 0 Å². The first-order valence-corrected chi connectivity index (χ1v) is 13.4. The zero-order chi connectivity index (χ0) is 27.0. The molecule has 0 saturated heterocycles. The van der Waals surface area contributed by atoms with E-state index >= 15 is 0 Å². The van der Waals surface area contributed by atoms with Crippen LogP contribution in [-0.2, 0) is 16.6 Å². The lowest BCUT2D eigenvalue weighted by atomic mass is 9.91. The number of carboxylic acid groups (broad SMARTS) is 1. The van der Waals surface area contributed by atoms with E-state index in [9.17, 15) is 9.90 Å². The lowest BCUT2D eigenvalue weighted by Crippen LogP contribution is -2.20. The van der Waals surface area contributed by atoms with E-state index in [1.165, 1.54) is 5.56 Å². The van der Waals surface area contributed by atoms with E-state index in [0.717, 1.165) is 83.1 Å². The van der Waals surface area contributed by atoms with Gasteiger partial charge in [-0.15, -0.1) is 0 Å². The molecule has 7 nitrogen and oxygen atoms in total. The highest BCUT2D eigenvalue weighted by atomic mass is 16.7. The molecule has 0 amide bonds. The number of anilines is 1. The zero-order valence-electron chi connectivity index (χ0n) is 22.3. The average molecular weight is 525 g/mol. The van der Waals surface area contributed by atoms with E-state index in [2.05, 4.69) is 77.8 Å². The average Bonchev–Trinajstić information content (AvgIpc) is 3.37. The fraction of sp³-hybridized carbons (Fsp3) is 0.312. The van der Waals surface area contributed by atoms with Gasteiger partial charge in [-0.1, -0.05) is 59.8 Å². The molecule has 1 N–H and O–H groups in total. The number of nitrogens with zero attached hydrogens (tertiary/aromatic N) is 2. The molecule has 200 valence electrons. The Morgan fingerprint density at radius 1 is 0.949 bits per heavy atom. The predicted molar refractivity (Wildman–Crippen MR) is 149 cm³/mol. The quantitative estimate of drug-likeness (QED) is 0.249. The van der Waals surface area contributed by atoms with Gasteiger partial charge in [-0.25, -0.2) is 0 Å². The van der Waals surface area contributed by atoms with Crippen molar-refractivity contribution in [1.82, 2.24) is 5.16 Å². The molecular formula is C32H32N2O5. The third kappa shape index (κ3) is 5.09. The minimum Gasteiger partial charge on any atom is -0.481 e. The summed E-state index contributed by atoms with van der Waals surface area (Å²) in [4.78, 5) is 13.5. The molecule has 0 bridgehead atoms. The lowest BCUT2D eigenvalue weighted by Gasteiger charge is -2.19. The fourth-order valence-electron chi connectivity index (χ4n) is 5.57. The molecule has 1 aliphatic carbocycles. The summed E-state index contributed by atoms with van der Waals surface area (Å²) in [6.45, 7) is 3.13. The molecule has 3 aromatic carbocycles. The number of aliphatic carboxylic acids is 1. The Morgan fingerprint density at radius 3 is 2.31 bits per heavy atom. The Morgan fingerprint density at radius 2 is 1.62 bits per heavy atom. The minimum atomic E-state index is -0.732. The first-order valence-electron chi connectivity index (χ1n) is 13.4. The first-order chi connectivity index (χ1) is 18.9. The third-order valence-electron chi connectivity index (χ3n) is 7.93. The van der Waals surface area contributed by atoms with E-state index in [1.807, 2.05) is 13.0 Å². The third-order valence-corrected chi connectivity index (χ3v) is 7.93. The number of carbonyl (C=O) groups is 1. The van der Waals surface area contributed by atoms with Crippen molar-refractivity contribution in [3.63, 3.8) is 0 Å². The topological polar surface area (TPSA) is 85.0 Å². The maximum absolute atomic E-state index is 11.3. The summed E-state index contributed by atoms with van der Waals surface area (Å²) in [5.74, 6) is 1.67. The summed E-state index contributed by atoms with van der Waals surface area (Å²) in [5, 5.41) is 13.5. The number of hydrogen-bond acceptors (Lipinski definition) is 6. The van der Waals surface area contributed by atoms with Crippen LogP contribution in [0, 0.1) is 6.92 Å². The Hall–Kier alpha value is -4.26. The second kappa shape index (κ2) is 10.1. The number of hydrogen-bond donors (Lipinski definition) is 1. The smallest absolute Gasteiger partial charge is 0.304 e. The molecule has 0 unspecified atom stereocenters. The minimum absolute atomic E-state index is 0.175. The van der Waals surface area contributed by atoms with Gasteiger partial charge in [0.15, 0.2) is 17.3 Å². The van der Waals surface area contributed by atoms with E-state index in [4.69, 9.17) is 14.0 Å². The lowest BCUT2D eigenvalue weighted by molar-refractivity contribution is -0.137. The Bertz CT molecular complexity index is 1490. The summed E-state index contributed by atoms with van der Waals surface area (Å²) >= 11 is 0. The molecule has 0 atom stereocenters. The van der Waals surface area contributed by atoms with Gasteiger partial charge in [0.1, 0.15) is 11.4 Å². The molecule has 0 spiro atoms. The van der Waals surface area contributed by atoms with Gasteiger partial charge in [-0.2, -0.15) is 0 Å². The Kier molecular flexibility index (Phi) is 6.51. The second-order valence-corrected chi connectivity index (χ2v) is 10.7. The maximum atomic E-state index is 11.3. The molecule has 2 aliphatic rings. The molecule has 1 aromatic heterocycles. The number of aryl methyl sites for hydroxylation is 2. The van der Waals surface area contributed by atoms with Gasteiger partial charge in [-0.3, -0.25) is 4.79 Å². The highest BCUT2D eigenvalue weighted by Crippen LogP contribution is 2.51. The molecule has 2 heterocycles. The van der Waals surface area contributed by atoms with E-state index in [-0.39, 0.29) is 11.8 Å². The predicted octanol–water partition coefficient (Wildman–Crippen LogP) is 6.62. The van der Waals surface area contributed by atoms with Crippen LogP contribution in [0.1, 0.15) is 42.5 Å². The maximum Gasteiger partial charge on any atom is 0.304 e. The van der Waals surface area contributed by atoms with Crippen LogP contribution in [0.25, 0.3) is 22.5 Å². The van der Waals surface area contributed by atoms with Crippen molar-refractivity contribution in [2.24, 2.45) is 0 Å². The standard InChI is InChI=1S/C32H32N2O5/c1-21-30(34(2)17-3-4-22-5-14-27-28(18-22)38-20-37-27)31(39-33-21)25-8-6-23(7-9-25)24-10-12-26(13-11-24)32(15-16-32)19-29(35)36/h5-14,18H,3-4,15-17,19-20H2,1-2H3,(H,35,36). The summed E-state index contributed by atoms with van der Waals surface area (Å²) in [6.07, 6.45) is 4.00. The zero-order valence-corrected chi connectivity index (χ0v) is 22.3. The van der Waals surface area contributed by atoms with Crippen molar-refractivity contribution < 1.29 is 23.9 Å². The summed E-state index contributed by atoms with van der Waals surface area (Å²) in [5.41, 5.74) is 7.23. The molecule has 0 radical (unpaired) electrons. The van der Waals surface area contributed by atoms with Crippen LogP contribution in [0.5, 0.6) is 11.5 Å². The van der Waals surface area contributed by atoms with Crippen molar-refractivity contribution >= 4 is 11.7 Å². The normalized spacial score (nSPS) is 14.8. The van der Waals surface area contributed by atoms with Crippen LogP contribution >= 0.6 is 0 Å². The van der Waals surface area contributed by atoms with Crippen molar-refractivity contribution in [2.45, 2.75) is 44.4 Å². The van der Waals surface area contributed by atoms with E-state index < -0.39 is 5.97 Å². The monoisotopic (exact) mass is 524 g/mol. The van der Waals surface area contributed by atoms with Crippen LogP contribution < -0.4 is 14.4 Å². The summed E-state index contributed by atoms with van der Waals surface area (Å²) < 4.78 is 16.7. The number of fused-ring (bicyclic) bond motifs is 1. The Balaban J connectivity index is 1.12. The molecular weight excluding hydrogens is 492 g/mol. The second-order valence-electron chi connectivity index (χ2n) is 10.7. The highest BCUT2D eigenvalue weighted by Gasteiger charge is 2.45. The number of ether oxygens (including phenoxy) is 2. The first kappa shape index (κ1) is 25.0. The Labute approximate surface area is 228 Å². The molecule has 4 aromatic rings. The van der Waals surface area contributed by atoms with Crippen LogP contribution in [-0.4, -0.2) is 36.6 Å². The van der Waals surface area contributed by atoms with Crippen LogP contribution in [0.4, 0.5) is 5.69 Å². The largest absolute Gasteiger partial charge is 0.481 e. The summed E-state index contributed by atoms with van der Waals surface area (Å²) in [7, 11) is 2.08. The number of rotatable bonds is 10. The molecule has 1 saturated carbocycles. The van der Waals surface area contributed by atoms with Gasteiger partial charge in [0.25, 0.3) is 0 Å². The van der Waals surface area contributed by atoms with Gasteiger partial charge in [0, 0.05) is 24.6 Å². The van der Waals surface area contributed by atoms with Crippen molar-refractivity contribution in [2.75, 3.05) is 25.3 Å². The molecule has 1 fully saturated rings. The number of carboxylic acids is 1. The summed E-state index contributed by atoms with van der Waals surface area (Å²) in [6, 6.07) is 22.8. The molecule has 7 heteroatoms. The molecule has 39 heavy (non-hydrogen) atoms. The van der Waals surface area contributed by atoms with Crippen molar-refractivity contribution in [3.8, 4) is 33.9 Å². The van der Waals surface area contributed by atoms with Crippen LogP contribution in [0.3, 0.4) is 0 Å². The fourth-order valence-corrected chi connectivity index (χ4v) is 5.57. The number of benzene rings is 3. The van der Waals surface area contributed by atoms with Gasteiger partial charge in [0.05, 0.1) is 6.42 Å². The van der Waals surface area contributed by atoms with E-state index in [0.29, 0.717) is 6.79 Å².